The lowest BCUT2D eigenvalue weighted by Gasteiger charge is -2.18. The van der Waals surface area contributed by atoms with Gasteiger partial charge in [-0.05, 0) is 72.7 Å². The van der Waals surface area contributed by atoms with E-state index >= 15 is 0 Å². The summed E-state index contributed by atoms with van der Waals surface area (Å²) in [5.41, 5.74) is 5.71. The molecule has 1 amide bonds. The summed E-state index contributed by atoms with van der Waals surface area (Å²) in [5.74, 6) is 0.676. The summed E-state index contributed by atoms with van der Waals surface area (Å²) in [6.45, 7) is 2.08. The number of carbonyl (C=O) groups excluding carboxylic acids is 1. The Morgan fingerprint density at radius 2 is 1.71 bits per heavy atom. The summed E-state index contributed by atoms with van der Waals surface area (Å²) in [6.07, 6.45) is 1.70. The van der Waals surface area contributed by atoms with Crippen LogP contribution in [0.2, 0.25) is 0 Å². The van der Waals surface area contributed by atoms with Crippen LogP contribution in [0.15, 0.2) is 102 Å². The second-order valence-corrected chi connectivity index (χ2v) is 9.97. The molecular formula is C31H23N3O3S. The smallest absolute Gasteiger partial charge is 0.282 e. The molecule has 0 unspecified atom stereocenters. The summed E-state index contributed by atoms with van der Waals surface area (Å²) >= 11 is 1.65. The molecule has 6 nitrogen and oxygen atoms in total. The van der Waals surface area contributed by atoms with E-state index in [0.717, 1.165) is 26.4 Å². The highest BCUT2D eigenvalue weighted by Crippen LogP contribution is 2.34. The first-order valence-corrected chi connectivity index (χ1v) is 12.9. The van der Waals surface area contributed by atoms with Crippen molar-refractivity contribution in [3.63, 3.8) is 0 Å². The van der Waals surface area contributed by atoms with E-state index in [0.29, 0.717) is 28.5 Å². The van der Waals surface area contributed by atoms with Crippen molar-refractivity contribution in [2.45, 2.75) is 6.92 Å². The highest BCUT2D eigenvalue weighted by Gasteiger charge is 2.32. The molecule has 186 valence electrons. The molecule has 0 bridgehead atoms. The largest absolute Gasteiger partial charge is 0.504 e. The Morgan fingerprint density at radius 1 is 0.921 bits per heavy atom. The zero-order valence-corrected chi connectivity index (χ0v) is 21.6. The van der Waals surface area contributed by atoms with Crippen LogP contribution in [0.25, 0.3) is 26.9 Å². The van der Waals surface area contributed by atoms with E-state index in [-0.39, 0.29) is 11.7 Å². The van der Waals surface area contributed by atoms with Gasteiger partial charge in [-0.15, -0.1) is 11.3 Å². The highest BCUT2D eigenvalue weighted by atomic mass is 32.1. The van der Waals surface area contributed by atoms with Gasteiger partial charge >= 0.3 is 0 Å². The fourth-order valence-corrected chi connectivity index (χ4v) is 5.46. The predicted molar refractivity (Wildman–Crippen MR) is 153 cm³/mol. The molecule has 4 aromatic carbocycles. The molecule has 0 spiro atoms. The number of thiazole rings is 1. The van der Waals surface area contributed by atoms with E-state index in [1.807, 2.05) is 60.7 Å². The molecule has 0 atom stereocenters. The van der Waals surface area contributed by atoms with Gasteiger partial charge in [0.2, 0.25) is 0 Å². The van der Waals surface area contributed by atoms with E-state index in [1.165, 1.54) is 18.7 Å². The van der Waals surface area contributed by atoms with Crippen LogP contribution in [-0.2, 0) is 4.79 Å². The third kappa shape index (κ3) is 4.33. The minimum atomic E-state index is -0.237. The number of methoxy groups -OCH3 is 1. The molecule has 2 heterocycles. The Bertz CT molecular complexity index is 1740. The van der Waals surface area contributed by atoms with Gasteiger partial charge in [0.05, 0.1) is 23.0 Å². The summed E-state index contributed by atoms with van der Waals surface area (Å²) < 4.78 is 6.37. The highest BCUT2D eigenvalue weighted by molar-refractivity contribution is 7.21. The van der Waals surface area contributed by atoms with E-state index in [2.05, 4.69) is 19.1 Å². The second kappa shape index (κ2) is 9.61. The van der Waals surface area contributed by atoms with Crippen molar-refractivity contribution < 1.29 is 14.6 Å². The van der Waals surface area contributed by atoms with Gasteiger partial charge in [0.25, 0.3) is 5.91 Å². The monoisotopic (exact) mass is 517 g/mol. The van der Waals surface area contributed by atoms with E-state index in [1.54, 1.807) is 34.4 Å². The number of nitrogens with zero attached hydrogens (tertiary/aromatic N) is 3. The fourth-order valence-electron chi connectivity index (χ4n) is 4.39. The van der Waals surface area contributed by atoms with Gasteiger partial charge < -0.3 is 9.84 Å². The summed E-state index contributed by atoms with van der Waals surface area (Å²) in [4.78, 5) is 24.8. The van der Waals surface area contributed by atoms with Crippen molar-refractivity contribution in [1.82, 2.24) is 4.98 Å². The van der Waals surface area contributed by atoms with E-state index in [9.17, 15) is 9.90 Å². The van der Waals surface area contributed by atoms with Gasteiger partial charge in [0, 0.05) is 11.1 Å². The summed E-state index contributed by atoms with van der Waals surface area (Å²) in [6, 6.07) is 28.6. The van der Waals surface area contributed by atoms with Gasteiger partial charge in [-0.25, -0.2) is 9.98 Å². The maximum atomic E-state index is 13.7. The maximum Gasteiger partial charge on any atom is 0.282 e. The molecule has 0 saturated carbocycles. The molecule has 1 aromatic heterocycles. The lowest BCUT2D eigenvalue weighted by Crippen LogP contribution is -2.32. The minimum absolute atomic E-state index is 0.0332. The molecule has 6 rings (SSSR count). The molecule has 5 aromatic rings. The normalized spacial score (nSPS) is 14.4. The number of anilines is 1. The number of aromatic hydroxyl groups is 1. The third-order valence-electron chi connectivity index (χ3n) is 6.32. The van der Waals surface area contributed by atoms with Crippen molar-refractivity contribution >= 4 is 45.1 Å². The first-order valence-electron chi connectivity index (χ1n) is 12.0. The molecule has 0 fully saturated rings. The Labute approximate surface area is 223 Å². The lowest BCUT2D eigenvalue weighted by atomic mass is 10.1. The van der Waals surface area contributed by atoms with Crippen LogP contribution < -0.4 is 9.64 Å². The van der Waals surface area contributed by atoms with Crippen LogP contribution >= 0.6 is 11.3 Å². The summed E-state index contributed by atoms with van der Waals surface area (Å²) in [5, 5.41) is 10.9. The van der Waals surface area contributed by atoms with Gasteiger partial charge in [0.1, 0.15) is 16.5 Å². The average molecular weight is 518 g/mol. The number of rotatable bonds is 5. The number of amidine groups is 1. The number of phenolic OH excluding ortho intramolecular Hbond substituents is 1. The molecule has 1 N–H and O–H groups in total. The van der Waals surface area contributed by atoms with Crippen molar-refractivity contribution in [2.75, 3.05) is 12.0 Å². The van der Waals surface area contributed by atoms with Crippen molar-refractivity contribution in [3.8, 4) is 22.1 Å². The number of amides is 1. The number of hydrogen-bond acceptors (Lipinski definition) is 6. The van der Waals surface area contributed by atoms with Crippen LogP contribution in [0.4, 0.5) is 5.69 Å². The molecule has 0 saturated heterocycles. The predicted octanol–water partition coefficient (Wildman–Crippen LogP) is 6.82. The number of aliphatic imine (C=N–C) groups is 1. The van der Waals surface area contributed by atoms with Gasteiger partial charge in [-0.3, -0.25) is 9.69 Å². The zero-order valence-electron chi connectivity index (χ0n) is 20.8. The molecule has 38 heavy (non-hydrogen) atoms. The maximum absolute atomic E-state index is 13.7. The molecule has 0 aliphatic carbocycles. The molecule has 1 aliphatic heterocycles. The average Bonchev–Trinajstić information content (AvgIpc) is 3.51. The third-order valence-corrected chi connectivity index (χ3v) is 7.38. The van der Waals surface area contributed by atoms with Crippen molar-refractivity contribution in [1.29, 1.82) is 0 Å². The Morgan fingerprint density at radius 3 is 2.47 bits per heavy atom. The first-order chi connectivity index (χ1) is 18.5. The van der Waals surface area contributed by atoms with Gasteiger partial charge in [-0.1, -0.05) is 42.5 Å². The van der Waals surface area contributed by atoms with E-state index < -0.39 is 0 Å². The molecule has 7 heteroatoms. The number of carbonyl (C=O) groups is 1. The number of benzene rings is 4. The number of fused-ring (bicyclic) bond motifs is 1. The minimum Gasteiger partial charge on any atom is -0.504 e. The SMILES string of the molecule is COc1cc(/C=C2\N=C(c3ccccc3)N(c3ccc(-c4nc5ccc(C)cc5s4)cc3)C2=O)ccc1O. The first kappa shape index (κ1) is 23.6. The van der Waals surface area contributed by atoms with Crippen LogP contribution in [0, 0.1) is 6.92 Å². The van der Waals surface area contributed by atoms with Crippen LogP contribution in [0.1, 0.15) is 16.7 Å². The van der Waals surface area contributed by atoms with E-state index in [4.69, 9.17) is 14.7 Å². The van der Waals surface area contributed by atoms with Crippen molar-refractivity contribution in [3.05, 3.63) is 113 Å². The number of phenols is 1. The zero-order chi connectivity index (χ0) is 26.2. The molecule has 1 aliphatic rings. The number of aromatic nitrogens is 1. The number of aryl methyl sites for hydroxylation is 1. The Hall–Kier alpha value is -4.75. The van der Waals surface area contributed by atoms with Gasteiger partial charge in [0.15, 0.2) is 11.5 Å². The standard InChI is InChI=1S/C31H23N3O3S/c1-19-8-14-24-28(16-19)38-30(33-24)22-10-12-23(13-11-22)34-29(21-6-4-3-5-7-21)32-25(31(34)36)17-20-9-15-26(35)27(18-20)37-2/h3-18,35H,1-2H3/b25-17-. The van der Waals surface area contributed by atoms with Crippen LogP contribution in [-0.4, -0.2) is 28.9 Å². The van der Waals surface area contributed by atoms with Crippen LogP contribution in [0.5, 0.6) is 11.5 Å². The Kier molecular flexibility index (Phi) is 5.98. The topological polar surface area (TPSA) is 75.0 Å². The van der Waals surface area contributed by atoms with Crippen LogP contribution in [0.3, 0.4) is 0 Å². The van der Waals surface area contributed by atoms with Crippen molar-refractivity contribution in [2.24, 2.45) is 4.99 Å². The second-order valence-electron chi connectivity index (χ2n) is 8.94. The fraction of sp³-hybridized carbons (Fsp3) is 0.0645. The Balaban J connectivity index is 1.38. The molecule has 0 radical (unpaired) electrons. The number of ether oxygens (including phenoxy) is 1. The van der Waals surface area contributed by atoms with Gasteiger partial charge in [-0.2, -0.15) is 0 Å². The quantitative estimate of drug-likeness (QED) is 0.260. The summed E-state index contributed by atoms with van der Waals surface area (Å²) in [7, 11) is 1.49. The molecular weight excluding hydrogens is 494 g/mol. The lowest BCUT2D eigenvalue weighted by molar-refractivity contribution is -0.113. The number of hydrogen-bond donors (Lipinski definition) is 1.